The number of pyridine rings is 1. The molecular formula is C31H46N2O10. The van der Waals surface area contributed by atoms with Gasteiger partial charge in [-0.25, -0.2) is 9.59 Å². The summed E-state index contributed by atoms with van der Waals surface area (Å²) >= 11 is 0. The van der Waals surface area contributed by atoms with Gasteiger partial charge in [0.25, 0.3) is 0 Å². The monoisotopic (exact) mass is 606 g/mol. The highest BCUT2D eigenvalue weighted by Gasteiger charge is 2.27. The van der Waals surface area contributed by atoms with E-state index in [2.05, 4.69) is 10.3 Å². The molecule has 12 nitrogen and oxygen atoms in total. The Morgan fingerprint density at radius 2 is 1.35 bits per heavy atom. The minimum absolute atomic E-state index is 0.226. The van der Waals surface area contributed by atoms with Crippen molar-refractivity contribution in [3.63, 3.8) is 0 Å². The number of nitrogens with one attached hydrogen (secondary N) is 1. The van der Waals surface area contributed by atoms with Gasteiger partial charge in [0.1, 0.15) is 24.6 Å². The first kappa shape index (κ1) is 35.9. The number of amides is 1. The molecule has 0 saturated carbocycles. The number of rotatable bonds is 21. The van der Waals surface area contributed by atoms with E-state index in [0.29, 0.717) is 65.2 Å². The predicted octanol–water partition coefficient (Wildman–Crippen LogP) is 4.05. The van der Waals surface area contributed by atoms with Crippen LogP contribution in [0.4, 0.5) is 4.79 Å². The fourth-order valence-electron chi connectivity index (χ4n) is 3.67. The van der Waals surface area contributed by atoms with Gasteiger partial charge in [0.15, 0.2) is 0 Å². The van der Waals surface area contributed by atoms with Crippen LogP contribution in [0.1, 0.15) is 40.2 Å². The molecule has 1 aromatic carbocycles. The van der Waals surface area contributed by atoms with Gasteiger partial charge < -0.3 is 43.6 Å². The summed E-state index contributed by atoms with van der Waals surface area (Å²) in [7, 11) is 0. The molecule has 1 amide bonds. The molecule has 240 valence electrons. The second kappa shape index (κ2) is 19.1. The second-order valence-corrected chi connectivity index (χ2v) is 10.9. The van der Waals surface area contributed by atoms with Crippen LogP contribution in [-0.2, 0) is 38.8 Å². The number of hydrogen-bond donors (Lipinski definition) is 2. The van der Waals surface area contributed by atoms with Crippen LogP contribution in [0.2, 0.25) is 0 Å². The Hall–Kier alpha value is -3.29. The maximum absolute atomic E-state index is 12.4. The molecular weight excluding hydrogens is 560 g/mol. The topological polar surface area (TPSA) is 144 Å². The van der Waals surface area contributed by atoms with Crippen LogP contribution in [0, 0.1) is 0 Å². The average molecular weight is 607 g/mol. The molecule has 0 radical (unpaired) electrons. The van der Waals surface area contributed by atoms with E-state index in [4.69, 9.17) is 38.3 Å². The summed E-state index contributed by atoms with van der Waals surface area (Å²) in [5.74, 6) is -0.353. The standard InChI is InChI=1S/C31H46N2O10/c1-30(2,3)43-29(36)33-31(4,5)25-8-9-26(24-7-6-10-32-22-24)27(21-25)42-20-19-40-16-15-38-12-11-37-13-14-39-17-18-41-23-28(34)35/h6-10,21-22H,11-20,23H2,1-5H3,(H,33,36)(H,34,35). The smallest absolute Gasteiger partial charge is 0.408 e. The lowest BCUT2D eigenvalue weighted by molar-refractivity contribution is -0.142. The molecule has 0 bridgehead atoms. The number of carboxylic acid groups (broad SMARTS) is 1. The Morgan fingerprint density at radius 1 is 0.791 bits per heavy atom. The van der Waals surface area contributed by atoms with E-state index in [-0.39, 0.29) is 13.2 Å². The molecule has 0 spiro atoms. The van der Waals surface area contributed by atoms with Gasteiger partial charge in [-0.1, -0.05) is 18.2 Å². The summed E-state index contributed by atoms with van der Waals surface area (Å²) in [5.41, 5.74) is 1.33. The number of carbonyl (C=O) groups is 2. The molecule has 2 rings (SSSR count). The average Bonchev–Trinajstić information content (AvgIpc) is 2.93. The Balaban J connectivity index is 1.72. The number of carboxylic acids is 1. The summed E-state index contributed by atoms with van der Waals surface area (Å²) in [6.45, 7) is 12.7. The van der Waals surface area contributed by atoms with Crippen molar-refractivity contribution in [3.05, 3.63) is 48.3 Å². The summed E-state index contributed by atoms with van der Waals surface area (Å²) in [4.78, 5) is 27.0. The second-order valence-electron chi connectivity index (χ2n) is 10.9. The molecule has 0 aliphatic carbocycles. The van der Waals surface area contributed by atoms with E-state index < -0.39 is 23.2 Å². The molecule has 0 atom stereocenters. The van der Waals surface area contributed by atoms with Gasteiger partial charge in [-0.05, 0) is 52.3 Å². The first-order valence-electron chi connectivity index (χ1n) is 14.3. The minimum atomic E-state index is -1.00. The summed E-state index contributed by atoms with van der Waals surface area (Å²) < 4.78 is 38.3. The third-order valence-electron chi connectivity index (χ3n) is 5.69. The van der Waals surface area contributed by atoms with Crippen molar-refractivity contribution >= 4 is 12.1 Å². The Labute approximate surface area is 253 Å². The molecule has 43 heavy (non-hydrogen) atoms. The highest BCUT2D eigenvalue weighted by atomic mass is 16.6. The van der Waals surface area contributed by atoms with Gasteiger partial charge in [0.05, 0.1) is 65.0 Å². The van der Waals surface area contributed by atoms with Crippen molar-refractivity contribution in [1.82, 2.24) is 10.3 Å². The van der Waals surface area contributed by atoms with Crippen molar-refractivity contribution in [2.45, 2.75) is 45.8 Å². The van der Waals surface area contributed by atoms with Crippen molar-refractivity contribution in [3.8, 4) is 16.9 Å². The maximum Gasteiger partial charge on any atom is 0.408 e. The molecule has 0 aliphatic rings. The molecule has 0 aliphatic heterocycles. The van der Waals surface area contributed by atoms with Gasteiger partial charge in [-0.2, -0.15) is 0 Å². The van der Waals surface area contributed by atoms with Crippen LogP contribution in [0.5, 0.6) is 5.75 Å². The van der Waals surface area contributed by atoms with E-state index in [9.17, 15) is 9.59 Å². The highest BCUT2D eigenvalue weighted by molar-refractivity contribution is 5.72. The number of benzene rings is 1. The van der Waals surface area contributed by atoms with E-state index in [1.54, 1.807) is 12.4 Å². The highest BCUT2D eigenvalue weighted by Crippen LogP contribution is 2.34. The summed E-state index contributed by atoms with van der Waals surface area (Å²) in [5, 5.41) is 11.4. The van der Waals surface area contributed by atoms with Gasteiger partial charge in [-0.3, -0.25) is 4.98 Å². The quantitative estimate of drug-likeness (QED) is 0.199. The van der Waals surface area contributed by atoms with Crippen LogP contribution >= 0.6 is 0 Å². The third kappa shape index (κ3) is 15.7. The first-order chi connectivity index (χ1) is 20.5. The molecule has 0 fully saturated rings. The Morgan fingerprint density at radius 3 is 1.86 bits per heavy atom. The molecule has 2 N–H and O–H groups in total. The zero-order chi connectivity index (χ0) is 31.6. The largest absolute Gasteiger partial charge is 0.491 e. The van der Waals surface area contributed by atoms with Crippen LogP contribution < -0.4 is 10.1 Å². The van der Waals surface area contributed by atoms with E-state index in [1.807, 2.05) is 65.0 Å². The first-order valence-corrected chi connectivity index (χ1v) is 14.3. The zero-order valence-corrected chi connectivity index (χ0v) is 25.9. The molecule has 1 aromatic heterocycles. The van der Waals surface area contributed by atoms with Crippen molar-refractivity contribution in [2.24, 2.45) is 0 Å². The van der Waals surface area contributed by atoms with Crippen LogP contribution in [-0.4, -0.2) is 100 Å². The molecule has 1 heterocycles. The Kier molecular flexibility index (Phi) is 15.9. The number of aliphatic carboxylic acids is 1. The molecule has 0 saturated heterocycles. The lowest BCUT2D eigenvalue weighted by atomic mass is 9.92. The number of carbonyl (C=O) groups excluding carboxylic acids is 1. The summed E-state index contributed by atoms with van der Waals surface area (Å²) in [6.07, 6.45) is 3.00. The van der Waals surface area contributed by atoms with Gasteiger partial charge in [-0.15, -0.1) is 0 Å². The normalized spacial score (nSPS) is 11.7. The van der Waals surface area contributed by atoms with E-state index in [1.165, 1.54) is 0 Å². The fraction of sp³-hybridized carbons (Fsp3) is 0.581. The third-order valence-corrected chi connectivity index (χ3v) is 5.69. The number of nitrogens with zero attached hydrogens (tertiary/aromatic N) is 1. The van der Waals surface area contributed by atoms with Gasteiger partial charge in [0.2, 0.25) is 0 Å². The maximum atomic E-state index is 12.4. The number of aromatic nitrogens is 1. The van der Waals surface area contributed by atoms with Gasteiger partial charge in [0, 0.05) is 23.5 Å². The Bertz CT molecular complexity index is 1090. The van der Waals surface area contributed by atoms with Crippen molar-refractivity contribution in [2.75, 3.05) is 72.7 Å². The van der Waals surface area contributed by atoms with Crippen LogP contribution in [0.15, 0.2) is 42.7 Å². The van der Waals surface area contributed by atoms with E-state index in [0.717, 1.165) is 16.7 Å². The zero-order valence-electron chi connectivity index (χ0n) is 25.9. The van der Waals surface area contributed by atoms with Gasteiger partial charge >= 0.3 is 12.1 Å². The molecule has 2 aromatic rings. The van der Waals surface area contributed by atoms with Crippen molar-refractivity contribution in [1.29, 1.82) is 0 Å². The fourth-order valence-corrected chi connectivity index (χ4v) is 3.67. The SMILES string of the molecule is CC(C)(C)OC(=O)NC(C)(C)c1ccc(-c2cccnc2)c(OCCOCCOCCOCCOCCOCC(=O)O)c1. The number of hydrogen-bond acceptors (Lipinski definition) is 10. The lowest BCUT2D eigenvalue weighted by Gasteiger charge is -2.29. The number of alkyl carbamates (subject to hydrolysis) is 1. The minimum Gasteiger partial charge on any atom is -0.491 e. The summed E-state index contributed by atoms with van der Waals surface area (Å²) in [6, 6.07) is 9.66. The lowest BCUT2D eigenvalue weighted by Crippen LogP contribution is -2.43. The molecule has 0 unspecified atom stereocenters. The predicted molar refractivity (Wildman–Crippen MR) is 159 cm³/mol. The van der Waals surface area contributed by atoms with Crippen LogP contribution in [0.3, 0.4) is 0 Å². The van der Waals surface area contributed by atoms with Crippen molar-refractivity contribution < 1.29 is 47.9 Å². The number of ether oxygens (including phenoxy) is 7. The molecule has 12 heteroatoms. The van der Waals surface area contributed by atoms with Crippen LogP contribution in [0.25, 0.3) is 11.1 Å². The van der Waals surface area contributed by atoms with E-state index >= 15 is 0 Å².